The third kappa shape index (κ3) is 2.68. The summed E-state index contributed by atoms with van der Waals surface area (Å²) in [4.78, 5) is 9.63. The molecule has 0 rings (SSSR count). The summed E-state index contributed by atoms with van der Waals surface area (Å²) in [7, 11) is 0. The average molecular weight is 141 g/mol. The minimum absolute atomic E-state index is 0.208. The van der Waals surface area contributed by atoms with Crippen LogP contribution in [0.4, 0.5) is 13.2 Å². The van der Waals surface area contributed by atoms with Gasteiger partial charge in [0.15, 0.2) is 0 Å². The largest absolute Gasteiger partial charge is 0.455 e. The number of rotatable bonds is 1. The molecule has 0 aromatic carbocycles. The van der Waals surface area contributed by atoms with Gasteiger partial charge in [-0.3, -0.25) is 4.79 Å². The lowest BCUT2D eigenvalue weighted by molar-refractivity contribution is -0.162. The lowest BCUT2D eigenvalue weighted by atomic mass is 10.4. The van der Waals surface area contributed by atoms with Gasteiger partial charge in [-0.15, -0.1) is 0 Å². The lowest BCUT2D eigenvalue weighted by Crippen LogP contribution is -2.23. The van der Waals surface area contributed by atoms with Gasteiger partial charge in [0, 0.05) is 0 Å². The number of Topliss-reactive ketones (excluding diaryl/α,β-unsaturated/α-hetero) is 1. The van der Waals surface area contributed by atoms with E-state index in [1.165, 1.54) is 0 Å². The summed E-state index contributed by atoms with van der Waals surface area (Å²) in [6, 6.07) is 0. The third-order valence-electron chi connectivity index (χ3n) is 0.454. The van der Waals surface area contributed by atoms with E-state index >= 15 is 0 Å². The zero-order valence-electron chi connectivity index (χ0n) is 4.01. The first-order valence-electron chi connectivity index (χ1n) is 1.77. The van der Waals surface area contributed by atoms with Gasteiger partial charge < -0.3 is 5.21 Å². The van der Waals surface area contributed by atoms with Crippen molar-refractivity contribution in [2.45, 2.75) is 6.18 Å². The molecule has 0 bridgehead atoms. The molecule has 0 saturated carbocycles. The highest BCUT2D eigenvalue weighted by molar-refractivity contribution is 6.29. The van der Waals surface area contributed by atoms with Crippen molar-refractivity contribution >= 4 is 12.0 Å². The second-order valence-corrected chi connectivity index (χ2v) is 1.11. The van der Waals surface area contributed by atoms with Crippen molar-refractivity contribution in [3.05, 3.63) is 0 Å². The third-order valence-corrected chi connectivity index (χ3v) is 0.454. The van der Waals surface area contributed by atoms with Crippen LogP contribution in [-0.2, 0) is 4.79 Å². The molecule has 0 heterocycles. The van der Waals surface area contributed by atoms with Crippen molar-refractivity contribution in [1.29, 1.82) is 0 Å². The predicted molar refractivity (Wildman–Crippen MR) is 21.3 cm³/mol. The van der Waals surface area contributed by atoms with Crippen LogP contribution in [0.2, 0.25) is 0 Å². The molecule has 0 radical (unpaired) electrons. The molecule has 0 unspecified atom stereocenters. The monoisotopic (exact) mass is 141 g/mol. The van der Waals surface area contributed by atoms with Crippen molar-refractivity contribution in [3.63, 3.8) is 0 Å². The average Bonchev–Trinajstić information content (AvgIpc) is 1.64. The zero-order chi connectivity index (χ0) is 7.49. The maximum Gasteiger partial charge on any atom is 0.455 e. The Morgan fingerprint density at radius 1 is 1.56 bits per heavy atom. The van der Waals surface area contributed by atoms with E-state index in [-0.39, 0.29) is 6.21 Å². The molecular formula is C3H2F3NO2. The van der Waals surface area contributed by atoms with E-state index in [4.69, 9.17) is 5.21 Å². The van der Waals surface area contributed by atoms with E-state index < -0.39 is 12.0 Å². The minimum Gasteiger partial charge on any atom is -0.411 e. The van der Waals surface area contributed by atoms with Crippen molar-refractivity contribution < 1.29 is 23.2 Å². The molecule has 0 aliphatic heterocycles. The molecule has 0 saturated heterocycles. The summed E-state index contributed by atoms with van der Waals surface area (Å²) in [6.45, 7) is 0. The Balaban J connectivity index is 4.06. The Morgan fingerprint density at radius 3 is 2.11 bits per heavy atom. The quantitative estimate of drug-likeness (QED) is 0.330. The summed E-state index contributed by atoms with van der Waals surface area (Å²) >= 11 is 0. The number of oxime groups is 1. The molecule has 0 spiro atoms. The number of ketones is 1. The van der Waals surface area contributed by atoms with Crippen LogP contribution in [0.25, 0.3) is 0 Å². The first-order chi connectivity index (χ1) is 3.98. The van der Waals surface area contributed by atoms with Gasteiger partial charge in [-0.2, -0.15) is 13.2 Å². The Kier molecular flexibility index (Phi) is 2.18. The van der Waals surface area contributed by atoms with Crippen LogP contribution < -0.4 is 0 Å². The van der Waals surface area contributed by atoms with E-state index in [9.17, 15) is 18.0 Å². The molecule has 0 aromatic rings. The topological polar surface area (TPSA) is 49.7 Å². The molecule has 9 heavy (non-hydrogen) atoms. The number of hydrogen-bond donors (Lipinski definition) is 1. The molecule has 52 valence electrons. The van der Waals surface area contributed by atoms with Gasteiger partial charge in [-0.25, -0.2) is 0 Å². The van der Waals surface area contributed by atoms with Gasteiger partial charge >= 0.3 is 6.18 Å². The van der Waals surface area contributed by atoms with E-state index in [1.807, 2.05) is 5.16 Å². The van der Waals surface area contributed by atoms with Crippen LogP contribution >= 0.6 is 0 Å². The molecule has 0 fully saturated rings. The van der Waals surface area contributed by atoms with E-state index in [1.54, 1.807) is 0 Å². The fraction of sp³-hybridized carbons (Fsp3) is 0.333. The number of halogens is 3. The van der Waals surface area contributed by atoms with Gasteiger partial charge in [0.25, 0.3) is 5.78 Å². The molecule has 0 atom stereocenters. The van der Waals surface area contributed by atoms with Gasteiger partial charge in [-0.05, 0) is 0 Å². The summed E-state index contributed by atoms with van der Waals surface area (Å²) < 4.78 is 33.3. The SMILES string of the molecule is O=C(/C=N/O)C(F)(F)F. The predicted octanol–water partition coefficient (Wildman–Crippen LogP) is 0.578. The molecule has 0 aliphatic rings. The van der Waals surface area contributed by atoms with Crippen molar-refractivity contribution in [2.75, 3.05) is 0 Å². The Hall–Kier alpha value is -1.07. The lowest BCUT2D eigenvalue weighted by Gasteiger charge is -1.96. The Morgan fingerprint density at radius 2 is 2.00 bits per heavy atom. The highest BCUT2D eigenvalue weighted by atomic mass is 19.4. The molecule has 3 nitrogen and oxygen atoms in total. The fourth-order valence-corrected chi connectivity index (χ4v) is 0.126. The summed E-state index contributed by atoms with van der Waals surface area (Å²) in [6.07, 6.45) is -5.15. The number of carbonyl (C=O) groups is 1. The van der Waals surface area contributed by atoms with E-state index in [2.05, 4.69) is 0 Å². The van der Waals surface area contributed by atoms with Gasteiger partial charge in [0.2, 0.25) is 0 Å². The number of carbonyl (C=O) groups excluding carboxylic acids is 1. The highest BCUT2D eigenvalue weighted by Crippen LogP contribution is 2.14. The Labute approximate surface area is 47.8 Å². The summed E-state index contributed by atoms with van der Waals surface area (Å²) in [5.74, 6) is -2.18. The second kappa shape index (κ2) is 2.47. The zero-order valence-corrected chi connectivity index (χ0v) is 4.01. The molecule has 0 amide bonds. The summed E-state index contributed by atoms with van der Waals surface area (Å²) in [5, 5.41) is 9.36. The van der Waals surface area contributed by atoms with E-state index in [0.29, 0.717) is 0 Å². The number of hydrogen-bond acceptors (Lipinski definition) is 3. The smallest absolute Gasteiger partial charge is 0.411 e. The van der Waals surface area contributed by atoms with Crippen LogP contribution in [0.3, 0.4) is 0 Å². The Bertz CT molecular complexity index is 138. The fourth-order valence-electron chi connectivity index (χ4n) is 0.126. The maximum absolute atomic E-state index is 11.1. The molecule has 0 aliphatic carbocycles. The molecule has 0 aromatic heterocycles. The summed E-state index contributed by atoms with van der Waals surface area (Å²) in [5.41, 5.74) is 0. The first-order valence-corrected chi connectivity index (χ1v) is 1.77. The normalized spacial score (nSPS) is 12.3. The van der Waals surface area contributed by atoms with Crippen LogP contribution in [0.5, 0.6) is 0 Å². The minimum atomic E-state index is -4.94. The van der Waals surface area contributed by atoms with Gasteiger partial charge in [0.1, 0.15) is 6.21 Å². The van der Waals surface area contributed by atoms with Crippen LogP contribution in [-0.4, -0.2) is 23.4 Å². The molecule has 6 heteroatoms. The van der Waals surface area contributed by atoms with Crippen LogP contribution in [0.15, 0.2) is 5.16 Å². The standard InChI is InChI=1S/C3H2F3NO2/c4-3(5,6)2(8)1-7-9/h1,9H/b7-1+. The van der Waals surface area contributed by atoms with Crippen molar-refractivity contribution in [2.24, 2.45) is 5.16 Å². The second-order valence-electron chi connectivity index (χ2n) is 1.11. The van der Waals surface area contributed by atoms with Gasteiger partial charge in [-0.1, -0.05) is 5.16 Å². The van der Waals surface area contributed by atoms with Gasteiger partial charge in [0.05, 0.1) is 0 Å². The highest BCUT2D eigenvalue weighted by Gasteiger charge is 2.36. The maximum atomic E-state index is 11.1. The van der Waals surface area contributed by atoms with Crippen LogP contribution in [0, 0.1) is 0 Å². The molecule has 1 N–H and O–H groups in total. The van der Waals surface area contributed by atoms with Crippen molar-refractivity contribution in [1.82, 2.24) is 0 Å². The number of nitrogens with zero attached hydrogens (tertiary/aromatic N) is 1. The molecular weight excluding hydrogens is 139 g/mol. The van der Waals surface area contributed by atoms with E-state index in [0.717, 1.165) is 0 Å². The van der Waals surface area contributed by atoms with Crippen molar-refractivity contribution in [3.8, 4) is 0 Å². The first kappa shape index (κ1) is 7.93. The van der Waals surface area contributed by atoms with Crippen LogP contribution in [0.1, 0.15) is 0 Å². The number of alkyl halides is 3.